The minimum atomic E-state index is -3.08. The lowest BCUT2D eigenvalue weighted by Gasteiger charge is -2.27. The van der Waals surface area contributed by atoms with Gasteiger partial charge in [0, 0.05) is 12.6 Å². The van der Waals surface area contributed by atoms with Crippen LogP contribution in [0.15, 0.2) is 0 Å². The molecular formula is C14H28N2O2S. The van der Waals surface area contributed by atoms with Crippen LogP contribution in [0.4, 0.5) is 0 Å². The van der Waals surface area contributed by atoms with Crippen LogP contribution in [0.1, 0.15) is 58.3 Å². The Balaban J connectivity index is 1.67. The van der Waals surface area contributed by atoms with E-state index < -0.39 is 10.0 Å². The first-order valence-corrected chi connectivity index (χ1v) is 9.41. The first kappa shape index (κ1) is 15.3. The largest absolute Gasteiger partial charge is 0.314 e. The summed E-state index contributed by atoms with van der Waals surface area (Å²) in [6, 6.07) is 0.664. The van der Waals surface area contributed by atoms with Crippen molar-refractivity contribution < 1.29 is 8.42 Å². The third kappa shape index (κ3) is 5.04. The summed E-state index contributed by atoms with van der Waals surface area (Å²) in [7, 11) is -3.08. The molecule has 0 bridgehead atoms. The molecule has 0 amide bonds. The van der Waals surface area contributed by atoms with Crippen LogP contribution in [-0.2, 0) is 10.0 Å². The molecule has 0 aromatic heterocycles. The number of nitrogens with one attached hydrogen (secondary N) is 2. The standard InChI is InChI=1S/C14H28N2O2S/c1-2-14(8-3-4-9-14)12-16-19(17,18)11-5-10-15-13-6-7-13/h13,15-16H,2-12H2,1H3. The van der Waals surface area contributed by atoms with Crippen molar-refractivity contribution in [1.82, 2.24) is 10.0 Å². The van der Waals surface area contributed by atoms with Gasteiger partial charge in [0.25, 0.3) is 0 Å². The van der Waals surface area contributed by atoms with E-state index in [-0.39, 0.29) is 11.2 Å². The van der Waals surface area contributed by atoms with Crippen LogP contribution in [0, 0.1) is 5.41 Å². The van der Waals surface area contributed by atoms with Crippen LogP contribution in [0.25, 0.3) is 0 Å². The van der Waals surface area contributed by atoms with Gasteiger partial charge in [-0.3, -0.25) is 0 Å². The van der Waals surface area contributed by atoms with Crippen LogP contribution in [0.5, 0.6) is 0 Å². The summed E-state index contributed by atoms with van der Waals surface area (Å²) in [5, 5.41) is 3.35. The average molecular weight is 288 g/mol. The number of hydrogen-bond donors (Lipinski definition) is 2. The Labute approximate surface area is 117 Å². The summed E-state index contributed by atoms with van der Waals surface area (Å²) in [6.45, 7) is 3.64. The molecule has 0 saturated heterocycles. The van der Waals surface area contributed by atoms with Gasteiger partial charge in [0.1, 0.15) is 0 Å². The lowest BCUT2D eigenvalue weighted by Crippen LogP contribution is -2.37. The smallest absolute Gasteiger partial charge is 0.211 e. The minimum absolute atomic E-state index is 0.235. The molecule has 0 spiro atoms. The highest BCUT2D eigenvalue weighted by molar-refractivity contribution is 7.89. The van der Waals surface area contributed by atoms with Crippen LogP contribution in [0.2, 0.25) is 0 Å². The van der Waals surface area contributed by atoms with Gasteiger partial charge in [-0.15, -0.1) is 0 Å². The number of rotatable bonds is 9. The van der Waals surface area contributed by atoms with Crippen molar-refractivity contribution in [2.24, 2.45) is 5.41 Å². The maximum absolute atomic E-state index is 12.0. The van der Waals surface area contributed by atoms with Crippen molar-refractivity contribution in [3.05, 3.63) is 0 Å². The minimum Gasteiger partial charge on any atom is -0.314 e. The molecule has 0 heterocycles. The molecule has 112 valence electrons. The average Bonchev–Trinajstić information content (AvgIpc) is 3.09. The van der Waals surface area contributed by atoms with Gasteiger partial charge < -0.3 is 5.32 Å². The Kier molecular flexibility index (Phi) is 5.26. The predicted molar refractivity (Wildman–Crippen MR) is 78.6 cm³/mol. The van der Waals surface area contributed by atoms with E-state index >= 15 is 0 Å². The highest BCUT2D eigenvalue weighted by atomic mass is 32.2. The van der Waals surface area contributed by atoms with Gasteiger partial charge in [-0.25, -0.2) is 13.1 Å². The second kappa shape index (κ2) is 6.55. The number of hydrogen-bond acceptors (Lipinski definition) is 3. The van der Waals surface area contributed by atoms with Crippen LogP contribution in [0.3, 0.4) is 0 Å². The maximum Gasteiger partial charge on any atom is 0.211 e. The molecule has 0 radical (unpaired) electrons. The summed E-state index contributed by atoms with van der Waals surface area (Å²) >= 11 is 0. The highest BCUT2D eigenvalue weighted by Crippen LogP contribution is 2.40. The molecule has 2 aliphatic rings. The fraction of sp³-hybridized carbons (Fsp3) is 1.00. The van der Waals surface area contributed by atoms with Gasteiger partial charge in [-0.1, -0.05) is 19.8 Å². The second-order valence-corrected chi connectivity index (χ2v) is 8.21. The molecule has 2 fully saturated rings. The summed E-state index contributed by atoms with van der Waals surface area (Å²) in [4.78, 5) is 0. The summed E-state index contributed by atoms with van der Waals surface area (Å²) < 4.78 is 26.8. The zero-order valence-corrected chi connectivity index (χ0v) is 12.9. The predicted octanol–water partition coefficient (Wildman–Crippen LogP) is 2.02. The monoisotopic (exact) mass is 288 g/mol. The van der Waals surface area contributed by atoms with Gasteiger partial charge in [0.2, 0.25) is 10.0 Å². The van der Waals surface area contributed by atoms with Crippen LogP contribution in [-0.4, -0.2) is 33.3 Å². The molecule has 0 unspecified atom stereocenters. The van der Waals surface area contributed by atoms with Crippen molar-refractivity contribution in [3.8, 4) is 0 Å². The van der Waals surface area contributed by atoms with Gasteiger partial charge >= 0.3 is 0 Å². The van der Waals surface area contributed by atoms with E-state index in [2.05, 4.69) is 17.0 Å². The molecule has 5 heteroatoms. The third-order valence-corrected chi connectivity index (χ3v) is 6.09. The van der Waals surface area contributed by atoms with Crippen LogP contribution >= 0.6 is 0 Å². The van der Waals surface area contributed by atoms with E-state index in [0.29, 0.717) is 19.0 Å². The molecule has 2 N–H and O–H groups in total. The molecule has 4 nitrogen and oxygen atoms in total. The normalized spacial score (nSPS) is 22.8. The summed E-state index contributed by atoms with van der Waals surface area (Å²) in [6.07, 6.45) is 9.16. The zero-order chi connectivity index (χ0) is 13.8. The van der Waals surface area contributed by atoms with E-state index in [9.17, 15) is 8.42 Å². The molecule has 2 saturated carbocycles. The first-order valence-electron chi connectivity index (χ1n) is 7.76. The Hall–Kier alpha value is -0.130. The van der Waals surface area contributed by atoms with E-state index in [1.165, 1.54) is 38.5 Å². The van der Waals surface area contributed by atoms with E-state index in [4.69, 9.17) is 0 Å². The van der Waals surface area contributed by atoms with Crippen molar-refractivity contribution in [1.29, 1.82) is 0 Å². The molecule has 2 rings (SSSR count). The first-order chi connectivity index (χ1) is 9.05. The van der Waals surface area contributed by atoms with Gasteiger partial charge in [-0.2, -0.15) is 0 Å². The molecular weight excluding hydrogens is 260 g/mol. The quantitative estimate of drug-likeness (QED) is 0.638. The van der Waals surface area contributed by atoms with Crippen molar-refractivity contribution >= 4 is 10.0 Å². The SMILES string of the molecule is CCC1(CNS(=O)(=O)CCCNC2CC2)CCCC1. The van der Waals surface area contributed by atoms with Crippen LogP contribution < -0.4 is 10.0 Å². The summed E-state index contributed by atoms with van der Waals surface area (Å²) in [5.41, 5.74) is 0.235. The third-order valence-electron chi connectivity index (χ3n) is 4.68. The molecule has 0 atom stereocenters. The lowest BCUT2D eigenvalue weighted by molar-refractivity contribution is 0.285. The highest BCUT2D eigenvalue weighted by Gasteiger charge is 2.32. The molecule has 0 aliphatic heterocycles. The fourth-order valence-corrected chi connectivity index (χ4v) is 4.17. The molecule has 0 aromatic rings. The molecule has 0 aromatic carbocycles. The Morgan fingerprint density at radius 1 is 1.21 bits per heavy atom. The maximum atomic E-state index is 12.0. The Morgan fingerprint density at radius 3 is 2.47 bits per heavy atom. The summed E-state index contributed by atoms with van der Waals surface area (Å²) in [5.74, 6) is 0.256. The topological polar surface area (TPSA) is 58.2 Å². The fourth-order valence-electron chi connectivity index (χ4n) is 2.97. The Bertz CT molecular complexity index is 371. The van der Waals surface area contributed by atoms with Gasteiger partial charge in [0.05, 0.1) is 5.75 Å². The van der Waals surface area contributed by atoms with Gasteiger partial charge in [-0.05, 0) is 50.5 Å². The molecule has 19 heavy (non-hydrogen) atoms. The van der Waals surface area contributed by atoms with E-state index in [1.54, 1.807) is 0 Å². The lowest BCUT2D eigenvalue weighted by atomic mass is 9.84. The van der Waals surface area contributed by atoms with Gasteiger partial charge in [0.15, 0.2) is 0 Å². The molecule has 2 aliphatic carbocycles. The van der Waals surface area contributed by atoms with Crippen molar-refractivity contribution in [2.45, 2.75) is 64.3 Å². The van der Waals surface area contributed by atoms with Crippen molar-refractivity contribution in [2.75, 3.05) is 18.8 Å². The van der Waals surface area contributed by atoms with E-state index in [0.717, 1.165) is 13.0 Å². The van der Waals surface area contributed by atoms with E-state index in [1.807, 2.05) is 0 Å². The zero-order valence-electron chi connectivity index (χ0n) is 12.1. The second-order valence-electron chi connectivity index (χ2n) is 6.28. The van der Waals surface area contributed by atoms with Crippen molar-refractivity contribution in [3.63, 3.8) is 0 Å². The Morgan fingerprint density at radius 2 is 1.89 bits per heavy atom. The number of sulfonamides is 1.